The molecule has 1 aliphatic rings. The Kier molecular flexibility index (Phi) is 4.87. The van der Waals surface area contributed by atoms with E-state index < -0.39 is 0 Å². The van der Waals surface area contributed by atoms with Crippen LogP contribution in [-0.2, 0) is 0 Å². The molecule has 2 nitrogen and oxygen atoms in total. The zero-order valence-corrected chi connectivity index (χ0v) is 12.3. The third-order valence-electron chi connectivity index (χ3n) is 4.08. The fourth-order valence-electron chi connectivity index (χ4n) is 2.92. The highest BCUT2D eigenvalue weighted by molar-refractivity contribution is 5.30. The highest BCUT2D eigenvalue weighted by Crippen LogP contribution is 2.37. The van der Waals surface area contributed by atoms with Crippen LogP contribution in [0.4, 0.5) is 0 Å². The van der Waals surface area contributed by atoms with E-state index in [4.69, 9.17) is 4.74 Å². The molecule has 0 amide bonds. The normalized spacial score (nSPS) is 25.3. The second-order valence-electron chi connectivity index (χ2n) is 6.20. The van der Waals surface area contributed by atoms with Gasteiger partial charge < -0.3 is 9.84 Å². The van der Waals surface area contributed by atoms with Crippen LogP contribution in [0.3, 0.4) is 0 Å². The number of rotatable bonds is 4. The van der Waals surface area contributed by atoms with Gasteiger partial charge in [-0.25, -0.2) is 0 Å². The molecule has 1 fully saturated rings. The van der Waals surface area contributed by atoms with Crippen molar-refractivity contribution in [1.29, 1.82) is 0 Å². The average Bonchev–Trinajstić information content (AvgIpc) is 2.38. The van der Waals surface area contributed by atoms with Crippen molar-refractivity contribution in [3.05, 3.63) is 29.8 Å². The van der Waals surface area contributed by atoms with Crippen LogP contribution < -0.4 is 4.74 Å². The molecule has 0 aromatic heterocycles. The Morgan fingerprint density at radius 3 is 2.47 bits per heavy atom. The predicted molar refractivity (Wildman–Crippen MR) is 78.3 cm³/mol. The molecule has 0 radical (unpaired) electrons. The summed E-state index contributed by atoms with van der Waals surface area (Å²) in [5.74, 6) is 2.08. The number of aliphatic hydroxyl groups excluding tert-OH is 1. The molecule has 1 atom stereocenters. The lowest BCUT2D eigenvalue weighted by molar-refractivity contribution is 0.0752. The van der Waals surface area contributed by atoms with E-state index in [1.807, 2.05) is 38.1 Å². The van der Waals surface area contributed by atoms with E-state index >= 15 is 0 Å². The molecule has 1 N–H and O–H groups in total. The van der Waals surface area contributed by atoms with Crippen LogP contribution in [0.15, 0.2) is 24.3 Å². The van der Waals surface area contributed by atoms with Gasteiger partial charge in [-0.05, 0) is 56.2 Å². The second-order valence-corrected chi connectivity index (χ2v) is 6.20. The molecule has 1 saturated carbocycles. The summed E-state index contributed by atoms with van der Waals surface area (Å²) in [7, 11) is 0. The first-order valence-corrected chi connectivity index (χ1v) is 7.51. The van der Waals surface area contributed by atoms with Crippen molar-refractivity contribution in [2.24, 2.45) is 11.8 Å². The third kappa shape index (κ3) is 3.97. The summed E-state index contributed by atoms with van der Waals surface area (Å²) in [4.78, 5) is 0. The molecule has 1 aromatic rings. The Labute approximate surface area is 116 Å². The SMILES string of the molecule is CC1CCC(C(O)c2cccc(OC(C)C)c2)CC1. The van der Waals surface area contributed by atoms with Crippen LogP contribution in [0.1, 0.15) is 58.1 Å². The Balaban J connectivity index is 2.04. The van der Waals surface area contributed by atoms with Gasteiger partial charge in [0.05, 0.1) is 12.2 Å². The van der Waals surface area contributed by atoms with Crippen LogP contribution in [0.5, 0.6) is 5.75 Å². The molecular formula is C17H26O2. The molecule has 1 unspecified atom stereocenters. The Morgan fingerprint density at radius 2 is 1.84 bits per heavy atom. The second kappa shape index (κ2) is 6.42. The summed E-state index contributed by atoms with van der Waals surface area (Å²) in [5, 5.41) is 10.5. The van der Waals surface area contributed by atoms with Gasteiger partial charge in [-0.1, -0.05) is 31.9 Å². The number of hydrogen-bond donors (Lipinski definition) is 1. The zero-order chi connectivity index (χ0) is 13.8. The molecule has 2 rings (SSSR count). The number of aliphatic hydroxyl groups is 1. The van der Waals surface area contributed by atoms with Gasteiger partial charge in [-0.2, -0.15) is 0 Å². The van der Waals surface area contributed by atoms with Crippen LogP contribution in [0, 0.1) is 11.8 Å². The maximum absolute atomic E-state index is 10.5. The minimum atomic E-state index is -0.344. The molecule has 0 saturated heterocycles. The van der Waals surface area contributed by atoms with Gasteiger partial charge in [0, 0.05) is 0 Å². The lowest BCUT2D eigenvalue weighted by Gasteiger charge is -2.30. The van der Waals surface area contributed by atoms with Crippen LogP contribution in [0.25, 0.3) is 0 Å². The maximum Gasteiger partial charge on any atom is 0.120 e. The molecule has 106 valence electrons. The molecule has 0 aliphatic heterocycles. The Hall–Kier alpha value is -1.02. The summed E-state index contributed by atoms with van der Waals surface area (Å²) >= 11 is 0. The Morgan fingerprint density at radius 1 is 1.16 bits per heavy atom. The van der Waals surface area contributed by atoms with Crippen molar-refractivity contribution in [3.8, 4) is 5.75 Å². The first-order valence-electron chi connectivity index (χ1n) is 7.51. The quantitative estimate of drug-likeness (QED) is 0.875. The first-order chi connectivity index (χ1) is 9.06. The van der Waals surface area contributed by atoms with Crippen molar-refractivity contribution < 1.29 is 9.84 Å². The van der Waals surface area contributed by atoms with Gasteiger partial charge in [-0.3, -0.25) is 0 Å². The molecule has 0 heterocycles. The molecule has 1 aromatic carbocycles. The van der Waals surface area contributed by atoms with E-state index in [0.29, 0.717) is 5.92 Å². The summed E-state index contributed by atoms with van der Waals surface area (Å²) in [6.07, 6.45) is 4.58. The smallest absolute Gasteiger partial charge is 0.120 e. The van der Waals surface area contributed by atoms with Gasteiger partial charge in [0.2, 0.25) is 0 Å². The predicted octanol–water partition coefficient (Wildman–Crippen LogP) is 4.33. The van der Waals surface area contributed by atoms with Gasteiger partial charge >= 0.3 is 0 Å². The fourth-order valence-corrected chi connectivity index (χ4v) is 2.92. The van der Waals surface area contributed by atoms with Crippen molar-refractivity contribution in [3.63, 3.8) is 0 Å². The van der Waals surface area contributed by atoms with E-state index in [1.165, 1.54) is 12.8 Å². The van der Waals surface area contributed by atoms with Crippen molar-refractivity contribution in [2.45, 2.75) is 58.7 Å². The summed E-state index contributed by atoms with van der Waals surface area (Å²) in [6.45, 7) is 6.34. The van der Waals surface area contributed by atoms with E-state index in [0.717, 1.165) is 30.1 Å². The number of benzene rings is 1. The fraction of sp³-hybridized carbons (Fsp3) is 0.647. The molecule has 0 spiro atoms. The largest absolute Gasteiger partial charge is 0.491 e. The molecule has 1 aliphatic carbocycles. The number of ether oxygens (including phenoxy) is 1. The zero-order valence-electron chi connectivity index (χ0n) is 12.3. The van der Waals surface area contributed by atoms with Gasteiger partial charge in [0.15, 0.2) is 0 Å². The van der Waals surface area contributed by atoms with Gasteiger partial charge in [-0.15, -0.1) is 0 Å². The standard InChI is InChI=1S/C17H26O2/c1-12(2)19-16-6-4-5-15(11-16)17(18)14-9-7-13(3)8-10-14/h4-6,11-14,17-18H,7-10H2,1-3H3. The highest BCUT2D eigenvalue weighted by atomic mass is 16.5. The van der Waals surface area contributed by atoms with Crippen LogP contribution >= 0.6 is 0 Å². The Bertz CT molecular complexity index is 392. The van der Waals surface area contributed by atoms with Crippen LogP contribution in [0.2, 0.25) is 0 Å². The van der Waals surface area contributed by atoms with Crippen molar-refractivity contribution in [1.82, 2.24) is 0 Å². The summed E-state index contributed by atoms with van der Waals surface area (Å²) in [5.41, 5.74) is 0.998. The highest BCUT2D eigenvalue weighted by Gasteiger charge is 2.25. The van der Waals surface area contributed by atoms with E-state index in [-0.39, 0.29) is 12.2 Å². The third-order valence-corrected chi connectivity index (χ3v) is 4.08. The summed E-state index contributed by atoms with van der Waals surface area (Å²) in [6, 6.07) is 7.93. The lowest BCUT2D eigenvalue weighted by Crippen LogP contribution is -2.19. The topological polar surface area (TPSA) is 29.5 Å². The van der Waals surface area contributed by atoms with Crippen molar-refractivity contribution >= 4 is 0 Å². The van der Waals surface area contributed by atoms with Crippen molar-refractivity contribution in [2.75, 3.05) is 0 Å². The van der Waals surface area contributed by atoms with E-state index in [2.05, 4.69) is 6.92 Å². The maximum atomic E-state index is 10.5. The monoisotopic (exact) mass is 262 g/mol. The lowest BCUT2D eigenvalue weighted by atomic mass is 9.78. The minimum absolute atomic E-state index is 0.169. The average molecular weight is 262 g/mol. The number of hydrogen-bond acceptors (Lipinski definition) is 2. The molecule has 0 bridgehead atoms. The molecule has 19 heavy (non-hydrogen) atoms. The van der Waals surface area contributed by atoms with Gasteiger partial charge in [0.1, 0.15) is 5.75 Å². The minimum Gasteiger partial charge on any atom is -0.491 e. The van der Waals surface area contributed by atoms with E-state index in [9.17, 15) is 5.11 Å². The molecule has 2 heteroatoms. The van der Waals surface area contributed by atoms with Gasteiger partial charge in [0.25, 0.3) is 0 Å². The van der Waals surface area contributed by atoms with Crippen LogP contribution in [-0.4, -0.2) is 11.2 Å². The van der Waals surface area contributed by atoms with E-state index in [1.54, 1.807) is 0 Å². The first kappa shape index (κ1) is 14.4. The molecular weight excluding hydrogens is 236 g/mol. The summed E-state index contributed by atoms with van der Waals surface area (Å²) < 4.78 is 5.70.